The molecule has 142 valence electrons. The third-order valence-electron chi connectivity index (χ3n) is 4.80. The van der Waals surface area contributed by atoms with Gasteiger partial charge in [0.15, 0.2) is 0 Å². The number of rotatable bonds is 4. The molecule has 27 heavy (non-hydrogen) atoms. The maximum atomic E-state index is 13.1. The van der Waals surface area contributed by atoms with E-state index in [0.717, 1.165) is 23.2 Å². The number of benzene rings is 2. The van der Waals surface area contributed by atoms with Crippen molar-refractivity contribution in [3.63, 3.8) is 0 Å². The molecule has 0 radical (unpaired) electrons. The van der Waals surface area contributed by atoms with Crippen LogP contribution >= 0.6 is 11.6 Å². The minimum Gasteiger partial charge on any atom is -0.326 e. The van der Waals surface area contributed by atoms with E-state index in [1.165, 1.54) is 0 Å². The highest BCUT2D eigenvalue weighted by Gasteiger charge is 2.32. The molecular formula is C21H24ClN3O2. The minimum atomic E-state index is -0.614. The largest absolute Gasteiger partial charge is 0.326 e. The van der Waals surface area contributed by atoms with E-state index >= 15 is 0 Å². The van der Waals surface area contributed by atoms with Gasteiger partial charge in [-0.25, -0.2) is 4.79 Å². The van der Waals surface area contributed by atoms with E-state index in [4.69, 9.17) is 11.6 Å². The molecule has 0 aliphatic carbocycles. The molecule has 0 spiro atoms. The summed E-state index contributed by atoms with van der Waals surface area (Å²) in [7, 11) is 0. The Morgan fingerprint density at radius 3 is 2.59 bits per heavy atom. The highest BCUT2D eigenvalue weighted by atomic mass is 35.5. The van der Waals surface area contributed by atoms with E-state index in [1.54, 1.807) is 17.0 Å². The smallest absolute Gasteiger partial charge is 0.319 e. The van der Waals surface area contributed by atoms with E-state index in [9.17, 15) is 9.59 Å². The summed E-state index contributed by atoms with van der Waals surface area (Å²) in [6, 6.07) is 12.2. The van der Waals surface area contributed by atoms with Gasteiger partial charge >= 0.3 is 6.03 Å². The number of amides is 3. The fourth-order valence-corrected chi connectivity index (χ4v) is 3.41. The summed E-state index contributed by atoms with van der Waals surface area (Å²) in [4.78, 5) is 27.3. The quantitative estimate of drug-likeness (QED) is 0.820. The van der Waals surface area contributed by atoms with Crippen LogP contribution in [0.25, 0.3) is 0 Å². The lowest BCUT2D eigenvalue weighted by atomic mass is 10.0. The maximum absolute atomic E-state index is 13.1. The van der Waals surface area contributed by atoms with Gasteiger partial charge in [0.1, 0.15) is 6.04 Å². The van der Waals surface area contributed by atoms with Gasteiger partial charge in [-0.15, -0.1) is 0 Å². The second-order valence-corrected chi connectivity index (χ2v) is 7.56. The van der Waals surface area contributed by atoms with Crippen molar-refractivity contribution >= 4 is 34.9 Å². The zero-order valence-corrected chi connectivity index (χ0v) is 16.5. The molecule has 6 heteroatoms. The van der Waals surface area contributed by atoms with Crippen LogP contribution in [-0.4, -0.2) is 24.5 Å². The topological polar surface area (TPSA) is 61.4 Å². The highest BCUT2D eigenvalue weighted by molar-refractivity contribution is 6.31. The molecule has 0 saturated heterocycles. The van der Waals surface area contributed by atoms with Crippen molar-refractivity contribution in [3.05, 3.63) is 58.6 Å². The van der Waals surface area contributed by atoms with Crippen molar-refractivity contribution in [3.8, 4) is 0 Å². The third kappa shape index (κ3) is 4.25. The van der Waals surface area contributed by atoms with Crippen LogP contribution in [0.5, 0.6) is 0 Å². The summed E-state index contributed by atoms with van der Waals surface area (Å²) >= 11 is 6.11. The molecule has 1 aliphatic heterocycles. The summed E-state index contributed by atoms with van der Waals surface area (Å²) in [6.07, 6.45) is 0.834. The first-order chi connectivity index (χ1) is 12.9. The Bertz CT molecular complexity index is 866. The number of urea groups is 1. The van der Waals surface area contributed by atoms with Gasteiger partial charge in [-0.05, 0) is 48.6 Å². The molecule has 1 aliphatic rings. The predicted molar refractivity (Wildman–Crippen MR) is 109 cm³/mol. The zero-order chi connectivity index (χ0) is 19.6. The van der Waals surface area contributed by atoms with Gasteiger partial charge in [-0.3, -0.25) is 4.79 Å². The predicted octanol–water partition coefficient (Wildman–Crippen LogP) is 4.38. The number of nitrogens with one attached hydrogen (secondary N) is 2. The van der Waals surface area contributed by atoms with Gasteiger partial charge in [0, 0.05) is 22.9 Å². The molecule has 2 aromatic rings. The Morgan fingerprint density at radius 2 is 1.89 bits per heavy atom. The lowest BCUT2D eigenvalue weighted by Crippen LogP contribution is -2.52. The lowest BCUT2D eigenvalue weighted by molar-refractivity contribution is -0.121. The van der Waals surface area contributed by atoms with Gasteiger partial charge in [0.2, 0.25) is 5.91 Å². The third-order valence-corrected chi connectivity index (χ3v) is 5.21. The van der Waals surface area contributed by atoms with Gasteiger partial charge < -0.3 is 15.5 Å². The Labute approximate surface area is 164 Å². The van der Waals surface area contributed by atoms with E-state index in [2.05, 4.69) is 10.6 Å². The number of halogens is 1. The van der Waals surface area contributed by atoms with E-state index in [1.807, 2.05) is 51.1 Å². The molecule has 0 saturated carbocycles. The molecule has 1 atom stereocenters. The molecule has 3 rings (SSSR count). The molecule has 0 unspecified atom stereocenters. The van der Waals surface area contributed by atoms with Gasteiger partial charge in [-0.2, -0.15) is 0 Å². The summed E-state index contributed by atoms with van der Waals surface area (Å²) in [5, 5.41) is 6.16. The minimum absolute atomic E-state index is 0.0439. The Morgan fingerprint density at radius 1 is 1.15 bits per heavy atom. The number of hydrogen-bond acceptors (Lipinski definition) is 2. The van der Waals surface area contributed by atoms with Crippen molar-refractivity contribution in [1.29, 1.82) is 0 Å². The van der Waals surface area contributed by atoms with Crippen molar-refractivity contribution in [1.82, 2.24) is 5.32 Å². The number of hydrogen-bond donors (Lipinski definition) is 2. The number of aryl methyl sites for hydroxylation is 1. The average Bonchev–Trinajstić information content (AvgIpc) is 3.06. The van der Waals surface area contributed by atoms with E-state index in [0.29, 0.717) is 17.3 Å². The lowest BCUT2D eigenvalue weighted by Gasteiger charge is -2.27. The number of carbonyl (C=O) groups excluding carboxylic acids is 2. The molecule has 3 amide bonds. The van der Waals surface area contributed by atoms with Crippen LogP contribution in [0.2, 0.25) is 5.02 Å². The zero-order valence-electron chi connectivity index (χ0n) is 15.8. The molecule has 5 nitrogen and oxygen atoms in total. The Hall–Kier alpha value is -2.53. The van der Waals surface area contributed by atoms with Crippen LogP contribution in [0.15, 0.2) is 42.5 Å². The number of nitrogens with zero attached hydrogens (tertiary/aromatic N) is 1. The molecular weight excluding hydrogens is 362 g/mol. The normalized spacial score (nSPS) is 14.0. The van der Waals surface area contributed by atoms with Crippen molar-refractivity contribution in [2.45, 2.75) is 33.2 Å². The second-order valence-electron chi connectivity index (χ2n) is 7.15. The molecule has 0 bridgehead atoms. The van der Waals surface area contributed by atoms with Crippen molar-refractivity contribution in [2.75, 3.05) is 16.8 Å². The monoisotopic (exact) mass is 385 g/mol. The first kappa shape index (κ1) is 19.2. The van der Waals surface area contributed by atoms with Gasteiger partial charge in [-0.1, -0.05) is 49.7 Å². The van der Waals surface area contributed by atoms with Crippen LogP contribution < -0.4 is 15.5 Å². The number of carbonyl (C=O) groups is 2. The summed E-state index contributed by atoms with van der Waals surface area (Å²) < 4.78 is 0. The summed E-state index contributed by atoms with van der Waals surface area (Å²) in [5.74, 6) is -0.135. The maximum Gasteiger partial charge on any atom is 0.319 e. The van der Waals surface area contributed by atoms with Crippen LogP contribution in [-0.2, 0) is 11.2 Å². The highest BCUT2D eigenvalue weighted by Crippen LogP contribution is 2.28. The number of anilines is 2. The Balaban J connectivity index is 1.71. The number of para-hydroxylation sites is 1. The summed E-state index contributed by atoms with van der Waals surface area (Å²) in [5.41, 5.74) is 3.61. The van der Waals surface area contributed by atoms with Crippen LogP contribution in [0, 0.1) is 12.8 Å². The van der Waals surface area contributed by atoms with Crippen LogP contribution in [0.3, 0.4) is 0 Å². The molecule has 0 aromatic heterocycles. The molecule has 1 heterocycles. The first-order valence-electron chi connectivity index (χ1n) is 9.09. The second kappa shape index (κ2) is 8.01. The molecule has 0 fully saturated rings. The van der Waals surface area contributed by atoms with Crippen molar-refractivity contribution in [2.24, 2.45) is 5.92 Å². The van der Waals surface area contributed by atoms with Crippen molar-refractivity contribution < 1.29 is 9.59 Å². The fourth-order valence-electron chi connectivity index (χ4n) is 3.23. The van der Waals surface area contributed by atoms with Crippen LogP contribution in [0.1, 0.15) is 25.0 Å². The van der Waals surface area contributed by atoms with E-state index < -0.39 is 12.1 Å². The standard InChI is InChI=1S/C21H24ClN3O2/c1-13(2)19(20(26)25-11-10-15-6-4-5-7-18(15)25)24-21(27)23-16-9-8-14(3)17(22)12-16/h4-9,12-13,19H,10-11H2,1-3H3,(H2,23,24,27)/t19-/m1/s1. The molecule has 2 N–H and O–H groups in total. The first-order valence-corrected chi connectivity index (χ1v) is 9.47. The molecule has 2 aromatic carbocycles. The number of fused-ring (bicyclic) bond motifs is 1. The average molecular weight is 386 g/mol. The van der Waals surface area contributed by atoms with Gasteiger partial charge in [0.05, 0.1) is 0 Å². The Kier molecular flexibility index (Phi) is 5.71. The van der Waals surface area contributed by atoms with E-state index in [-0.39, 0.29) is 11.8 Å². The van der Waals surface area contributed by atoms with Gasteiger partial charge in [0.25, 0.3) is 0 Å². The van der Waals surface area contributed by atoms with Crippen LogP contribution in [0.4, 0.5) is 16.2 Å². The SMILES string of the molecule is Cc1ccc(NC(=O)N[C@@H](C(=O)N2CCc3ccccc32)C(C)C)cc1Cl. The summed E-state index contributed by atoms with van der Waals surface area (Å²) in [6.45, 7) is 6.38. The fraction of sp³-hybridized carbons (Fsp3) is 0.333.